The van der Waals surface area contributed by atoms with Crippen molar-refractivity contribution < 1.29 is 4.74 Å². The Bertz CT molecular complexity index is 296. The molecule has 1 unspecified atom stereocenters. The van der Waals surface area contributed by atoms with Crippen molar-refractivity contribution in [3.63, 3.8) is 0 Å². The van der Waals surface area contributed by atoms with Gasteiger partial charge >= 0.3 is 0 Å². The minimum absolute atomic E-state index is 0.0310. The Balaban J connectivity index is 2.03. The topological polar surface area (TPSA) is 12.5 Å². The van der Waals surface area contributed by atoms with E-state index in [2.05, 4.69) is 38.1 Å². The summed E-state index contributed by atoms with van der Waals surface area (Å²) < 4.78 is 5.40. The van der Waals surface area contributed by atoms with Crippen LogP contribution in [-0.2, 0) is 16.8 Å². The van der Waals surface area contributed by atoms with E-state index in [0.717, 1.165) is 6.61 Å². The maximum Gasteiger partial charge on any atom is 0.114 e. The van der Waals surface area contributed by atoms with Gasteiger partial charge in [0.25, 0.3) is 0 Å². The summed E-state index contributed by atoms with van der Waals surface area (Å²) in [7, 11) is 0. The molecule has 1 aliphatic rings. The highest BCUT2D eigenvalue weighted by atomic mass is 16.6. The zero-order valence-electron chi connectivity index (χ0n) is 9.05. The number of hydrogen-bond donors (Lipinski definition) is 0. The van der Waals surface area contributed by atoms with Crippen LogP contribution >= 0.6 is 0 Å². The minimum Gasteiger partial charge on any atom is -0.365 e. The fraction of sp³-hybridized carbons (Fsp3) is 0.538. The number of benzene rings is 1. The van der Waals surface area contributed by atoms with Crippen LogP contribution in [0.25, 0.3) is 0 Å². The number of hydrogen-bond acceptors (Lipinski definition) is 1. The van der Waals surface area contributed by atoms with Crippen LogP contribution in [0.15, 0.2) is 24.3 Å². The summed E-state index contributed by atoms with van der Waals surface area (Å²) in [6.45, 7) is 5.25. The van der Waals surface area contributed by atoms with E-state index in [1.54, 1.807) is 0 Å². The monoisotopic (exact) mass is 190 g/mol. The summed E-state index contributed by atoms with van der Waals surface area (Å²) in [5, 5.41) is 0. The molecule has 1 aromatic carbocycles. The summed E-state index contributed by atoms with van der Waals surface area (Å²) in [4.78, 5) is 0. The molecule has 1 aromatic rings. The third kappa shape index (κ3) is 1.98. The van der Waals surface area contributed by atoms with E-state index >= 15 is 0 Å². The van der Waals surface area contributed by atoms with Gasteiger partial charge in [-0.1, -0.05) is 37.6 Å². The largest absolute Gasteiger partial charge is 0.365 e. The number of aryl methyl sites for hydroxylation is 1. The summed E-state index contributed by atoms with van der Waals surface area (Å²) in [6, 6.07) is 8.88. The van der Waals surface area contributed by atoms with Gasteiger partial charge in [0.1, 0.15) is 5.60 Å². The highest BCUT2D eigenvalue weighted by Gasteiger charge is 2.40. The molecule has 1 fully saturated rings. The highest BCUT2D eigenvalue weighted by molar-refractivity contribution is 5.29. The summed E-state index contributed by atoms with van der Waals surface area (Å²) in [5.74, 6) is 0. The number of rotatable bonds is 4. The molecule has 1 heteroatoms. The van der Waals surface area contributed by atoms with Gasteiger partial charge in [0, 0.05) is 0 Å². The van der Waals surface area contributed by atoms with Crippen molar-refractivity contribution in [2.75, 3.05) is 6.61 Å². The van der Waals surface area contributed by atoms with E-state index in [4.69, 9.17) is 4.74 Å². The fourth-order valence-corrected chi connectivity index (χ4v) is 1.68. The molecule has 1 heterocycles. The van der Waals surface area contributed by atoms with Crippen molar-refractivity contribution in [1.29, 1.82) is 0 Å². The molecule has 0 radical (unpaired) electrons. The third-order valence-electron chi connectivity index (χ3n) is 2.96. The molecule has 14 heavy (non-hydrogen) atoms. The molecule has 1 nitrogen and oxygen atoms in total. The second kappa shape index (κ2) is 3.74. The Morgan fingerprint density at radius 2 is 1.93 bits per heavy atom. The number of epoxide rings is 1. The van der Waals surface area contributed by atoms with Crippen LogP contribution in [0.2, 0.25) is 0 Å². The molecule has 2 rings (SSSR count). The van der Waals surface area contributed by atoms with Crippen LogP contribution < -0.4 is 0 Å². The van der Waals surface area contributed by atoms with Crippen LogP contribution in [0.3, 0.4) is 0 Å². The first-order chi connectivity index (χ1) is 6.74. The second-order valence-electron chi connectivity index (χ2n) is 4.32. The molecule has 1 aliphatic heterocycles. The Morgan fingerprint density at radius 1 is 1.29 bits per heavy atom. The normalized spacial score (nSPS) is 25.0. The van der Waals surface area contributed by atoms with Crippen LogP contribution in [0.4, 0.5) is 0 Å². The molecule has 1 saturated heterocycles. The quantitative estimate of drug-likeness (QED) is 0.664. The minimum atomic E-state index is 0.0310. The van der Waals surface area contributed by atoms with Crippen molar-refractivity contribution in [2.24, 2.45) is 0 Å². The van der Waals surface area contributed by atoms with Gasteiger partial charge in [-0.05, 0) is 30.9 Å². The number of unbranched alkanes of at least 4 members (excludes halogenated alkanes) is 1. The first-order valence-corrected chi connectivity index (χ1v) is 5.48. The molecule has 0 amide bonds. The predicted octanol–water partition coefficient (Wildman–Crippen LogP) is 3.27. The second-order valence-corrected chi connectivity index (χ2v) is 4.32. The van der Waals surface area contributed by atoms with Crippen LogP contribution in [0.1, 0.15) is 37.8 Å². The Labute approximate surface area is 86.1 Å². The van der Waals surface area contributed by atoms with Gasteiger partial charge in [0.2, 0.25) is 0 Å². The van der Waals surface area contributed by atoms with Crippen LogP contribution in [0.5, 0.6) is 0 Å². The molecule has 0 aromatic heterocycles. The van der Waals surface area contributed by atoms with Crippen molar-refractivity contribution in [2.45, 2.75) is 38.7 Å². The van der Waals surface area contributed by atoms with Crippen molar-refractivity contribution in [1.82, 2.24) is 0 Å². The molecule has 1 atom stereocenters. The maximum absolute atomic E-state index is 5.40. The third-order valence-corrected chi connectivity index (χ3v) is 2.96. The summed E-state index contributed by atoms with van der Waals surface area (Å²) in [5.41, 5.74) is 2.79. The zero-order chi connectivity index (χ0) is 10.0. The maximum atomic E-state index is 5.40. The van der Waals surface area contributed by atoms with Gasteiger partial charge in [-0.15, -0.1) is 0 Å². The molecule has 0 N–H and O–H groups in total. The predicted molar refractivity (Wildman–Crippen MR) is 58.4 cm³/mol. The summed E-state index contributed by atoms with van der Waals surface area (Å²) in [6.07, 6.45) is 3.75. The lowest BCUT2D eigenvalue weighted by Crippen LogP contribution is -2.01. The van der Waals surface area contributed by atoms with Gasteiger partial charge in [-0.3, -0.25) is 0 Å². The lowest BCUT2D eigenvalue weighted by Gasteiger charge is -2.06. The van der Waals surface area contributed by atoms with Gasteiger partial charge in [0.15, 0.2) is 0 Å². The van der Waals surface area contributed by atoms with Crippen molar-refractivity contribution in [3.8, 4) is 0 Å². The van der Waals surface area contributed by atoms with E-state index in [0.29, 0.717) is 0 Å². The fourth-order valence-electron chi connectivity index (χ4n) is 1.68. The van der Waals surface area contributed by atoms with E-state index in [1.807, 2.05) is 0 Å². The first-order valence-electron chi connectivity index (χ1n) is 5.48. The van der Waals surface area contributed by atoms with Gasteiger partial charge < -0.3 is 4.74 Å². The average Bonchev–Trinajstić information content (AvgIpc) is 2.96. The first kappa shape index (κ1) is 9.72. The van der Waals surface area contributed by atoms with E-state index in [-0.39, 0.29) is 5.60 Å². The SMILES string of the molecule is CCCCc1ccc(C2(C)CO2)cc1. The molecule has 0 aliphatic carbocycles. The Morgan fingerprint density at radius 3 is 2.43 bits per heavy atom. The molecule has 0 bridgehead atoms. The molecular formula is C13H18O. The molecular weight excluding hydrogens is 172 g/mol. The average molecular weight is 190 g/mol. The number of ether oxygens (including phenoxy) is 1. The van der Waals surface area contributed by atoms with Crippen LogP contribution in [-0.4, -0.2) is 6.61 Å². The van der Waals surface area contributed by atoms with Crippen molar-refractivity contribution >= 4 is 0 Å². The van der Waals surface area contributed by atoms with Gasteiger partial charge in [0.05, 0.1) is 6.61 Å². The lowest BCUT2D eigenvalue weighted by molar-refractivity contribution is 0.329. The van der Waals surface area contributed by atoms with Gasteiger partial charge in [-0.2, -0.15) is 0 Å². The highest BCUT2D eigenvalue weighted by Crippen LogP contribution is 2.37. The standard InChI is InChI=1S/C13H18O/c1-3-4-5-11-6-8-12(9-7-11)13(2)10-14-13/h6-9H,3-5,10H2,1-2H3. The van der Waals surface area contributed by atoms with E-state index < -0.39 is 0 Å². The summed E-state index contributed by atoms with van der Waals surface area (Å²) >= 11 is 0. The molecule has 0 spiro atoms. The van der Waals surface area contributed by atoms with Gasteiger partial charge in [-0.25, -0.2) is 0 Å². The van der Waals surface area contributed by atoms with Crippen LogP contribution in [0, 0.1) is 0 Å². The zero-order valence-corrected chi connectivity index (χ0v) is 9.05. The van der Waals surface area contributed by atoms with E-state index in [1.165, 1.54) is 30.4 Å². The van der Waals surface area contributed by atoms with Crippen molar-refractivity contribution in [3.05, 3.63) is 35.4 Å². The molecule has 76 valence electrons. The Hall–Kier alpha value is -0.820. The van der Waals surface area contributed by atoms with E-state index in [9.17, 15) is 0 Å². The smallest absolute Gasteiger partial charge is 0.114 e. The Kier molecular flexibility index (Phi) is 2.60. The molecule has 0 saturated carbocycles. The lowest BCUT2D eigenvalue weighted by atomic mass is 9.99.